The molecule has 0 fully saturated rings. The Morgan fingerprint density at radius 3 is 3.00 bits per heavy atom. The standard InChI is InChI=1S/C15H17N3O3/c1-21-11-9-18(8-3-6-16)15(20)14-5-7-17-12-13(14)4-2-10-19/h5,7,12,19H,3,8-11H2,1H3. The summed E-state index contributed by atoms with van der Waals surface area (Å²) in [6.45, 7) is 0.824. The molecule has 0 saturated carbocycles. The van der Waals surface area contributed by atoms with Crippen LogP contribution in [0.15, 0.2) is 18.5 Å². The number of aliphatic hydroxyl groups excluding tert-OH is 1. The van der Waals surface area contributed by atoms with Crippen molar-refractivity contribution in [1.29, 1.82) is 5.26 Å². The molecule has 0 spiro atoms. The highest BCUT2D eigenvalue weighted by Crippen LogP contribution is 2.10. The maximum absolute atomic E-state index is 12.5. The molecule has 1 aromatic rings. The highest BCUT2D eigenvalue weighted by molar-refractivity contribution is 5.96. The van der Waals surface area contributed by atoms with Crippen molar-refractivity contribution in [3.05, 3.63) is 29.6 Å². The number of hydrogen-bond donors (Lipinski definition) is 1. The number of carbonyl (C=O) groups excluding carboxylic acids is 1. The Kier molecular flexibility index (Phi) is 7.52. The van der Waals surface area contributed by atoms with E-state index in [1.807, 2.05) is 6.07 Å². The zero-order chi connectivity index (χ0) is 15.5. The Morgan fingerprint density at radius 2 is 2.33 bits per heavy atom. The topological polar surface area (TPSA) is 86.5 Å². The van der Waals surface area contributed by atoms with Crippen molar-refractivity contribution in [3.8, 4) is 17.9 Å². The average molecular weight is 287 g/mol. The number of nitrogens with zero attached hydrogens (tertiary/aromatic N) is 3. The monoisotopic (exact) mass is 287 g/mol. The van der Waals surface area contributed by atoms with Crippen molar-refractivity contribution in [2.75, 3.05) is 33.4 Å². The van der Waals surface area contributed by atoms with Crippen molar-refractivity contribution in [2.45, 2.75) is 6.42 Å². The molecule has 0 bridgehead atoms. The lowest BCUT2D eigenvalue weighted by atomic mass is 10.1. The first-order chi connectivity index (χ1) is 10.2. The van der Waals surface area contributed by atoms with Crippen molar-refractivity contribution < 1.29 is 14.6 Å². The predicted molar refractivity (Wildman–Crippen MR) is 76.2 cm³/mol. The lowest BCUT2D eigenvalue weighted by molar-refractivity contribution is 0.0699. The van der Waals surface area contributed by atoms with Gasteiger partial charge in [0, 0.05) is 32.6 Å². The van der Waals surface area contributed by atoms with Gasteiger partial charge in [0.1, 0.15) is 6.61 Å². The molecule has 0 aliphatic rings. The van der Waals surface area contributed by atoms with Gasteiger partial charge in [0.2, 0.25) is 0 Å². The second-order valence-electron chi connectivity index (χ2n) is 4.07. The summed E-state index contributed by atoms with van der Waals surface area (Å²) in [5.74, 6) is 4.98. The zero-order valence-electron chi connectivity index (χ0n) is 11.9. The van der Waals surface area contributed by atoms with E-state index in [0.29, 0.717) is 30.8 Å². The third-order valence-electron chi connectivity index (χ3n) is 2.70. The maximum atomic E-state index is 12.5. The van der Waals surface area contributed by atoms with Crippen LogP contribution in [0.4, 0.5) is 0 Å². The molecule has 0 aliphatic heterocycles. The fraction of sp³-hybridized carbons (Fsp3) is 0.400. The molecule has 6 heteroatoms. The number of rotatable bonds is 6. The van der Waals surface area contributed by atoms with Gasteiger partial charge in [-0.15, -0.1) is 0 Å². The van der Waals surface area contributed by atoms with Gasteiger partial charge in [-0.3, -0.25) is 9.78 Å². The van der Waals surface area contributed by atoms with Gasteiger partial charge in [0.25, 0.3) is 5.91 Å². The molecule has 1 rings (SSSR count). The second kappa shape index (κ2) is 9.49. The molecule has 0 unspecified atom stereocenters. The molecule has 0 aliphatic carbocycles. The van der Waals surface area contributed by atoms with E-state index in [1.165, 1.54) is 12.4 Å². The largest absolute Gasteiger partial charge is 0.384 e. The first kappa shape index (κ1) is 16.6. The predicted octanol–water partition coefficient (Wildman–Crippen LogP) is 0.428. The molecule has 0 radical (unpaired) electrons. The van der Waals surface area contributed by atoms with Crippen LogP contribution in [-0.4, -0.2) is 54.3 Å². The van der Waals surface area contributed by atoms with Crippen molar-refractivity contribution in [1.82, 2.24) is 9.88 Å². The van der Waals surface area contributed by atoms with E-state index in [2.05, 4.69) is 16.8 Å². The molecule has 21 heavy (non-hydrogen) atoms. The minimum absolute atomic E-state index is 0.230. The lowest BCUT2D eigenvalue weighted by Gasteiger charge is -2.21. The summed E-state index contributed by atoms with van der Waals surface area (Å²) in [7, 11) is 1.55. The minimum Gasteiger partial charge on any atom is -0.384 e. The second-order valence-corrected chi connectivity index (χ2v) is 4.07. The van der Waals surface area contributed by atoms with Crippen molar-refractivity contribution >= 4 is 5.91 Å². The summed E-state index contributed by atoms with van der Waals surface area (Å²) >= 11 is 0. The van der Waals surface area contributed by atoms with Crippen LogP contribution in [0, 0.1) is 23.2 Å². The summed E-state index contributed by atoms with van der Waals surface area (Å²) in [4.78, 5) is 18.0. The Morgan fingerprint density at radius 1 is 1.52 bits per heavy atom. The fourth-order valence-electron chi connectivity index (χ4n) is 1.69. The smallest absolute Gasteiger partial charge is 0.255 e. The molecule has 1 N–H and O–H groups in total. The molecule has 1 aromatic heterocycles. The van der Waals surface area contributed by atoms with Gasteiger partial charge in [-0.05, 0) is 6.07 Å². The van der Waals surface area contributed by atoms with E-state index in [0.717, 1.165) is 0 Å². The van der Waals surface area contributed by atoms with Crippen LogP contribution in [0.3, 0.4) is 0 Å². The number of hydrogen-bond acceptors (Lipinski definition) is 5. The van der Waals surface area contributed by atoms with Crippen LogP contribution in [-0.2, 0) is 4.74 Å². The van der Waals surface area contributed by atoms with E-state index in [-0.39, 0.29) is 18.9 Å². The Balaban J connectivity index is 2.99. The number of ether oxygens (including phenoxy) is 1. The van der Waals surface area contributed by atoms with Crippen LogP contribution in [0.25, 0.3) is 0 Å². The van der Waals surface area contributed by atoms with Gasteiger partial charge >= 0.3 is 0 Å². The minimum atomic E-state index is -0.287. The summed E-state index contributed by atoms with van der Waals surface area (Å²) in [6.07, 6.45) is 3.24. The van der Waals surface area contributed by atoms with Crippen LogP contribution >= 0.6 is 0 Å². The van der Waals surface area contributed by atoms with Crippen LogP contribution in [0.5, 0.6) is 0 Å². The number of methoxy groups -OCH3 is 1. The molecular weight excluding hydrogens is 270 g/mol. The van der Waals surface area contributed by atoms with Gasteiger partial charge in [0.05, 0.1) is 30.2 Å². The lowest BCUT2D eigenvalue weighted by Crippen LogP contribution is -2.35. The fourth-order valence-corrected chi connectivity index (χ4v) is 1.69. The third-order valence-corrected chi connectivity index (χ3v) is 2.70. The SMILES string of the molecule is COCCN(CCC#N)C(=O)c1ccncc1C#CCO. The summed E-state index contributed by atoms with van der Waals surface area (Å²) in [6, 6.07) is 3.60. The maximum Gasteiger partial charge on any atom is 0.255 e. The van der Waals surface area contributed by atoms with Gasteiger partial charge in [-0.1, -0.05) is 11.8 Å². The highest BCUT2D eigenvalue weighted by atomic mass is 16.5. The molecule has 0 saturated heterocycles. The Hall–Kier alpha value is -2.41. The van der Waals surface area contributed by atoms with Crippen LogP contribution < -0.4 is 0 Å². The van der Waals surface area contributed by atoms with Crippen LogP contribution in [0.2, 0.25) is 0 Å². The summed E-state index contributed by atoms with van der Waals surface area (Å²) < 4.78 is 4.98. The molecule has 0 aromatic carbocycles. The van der Waals surface area contributed by atoms with E-state index in [4.69, 9.17) is 15.1 Å². The van der Waals surface area contributed by atoms with E-state index >= 15 is 0 Å². The van der Waals surface area contributed by atoms with Gasteiger partial charge in [-0.25, -0.2) is 0 Å². The molecule has 1 amide bonds. The number of amides is 1. The number of aliphatic hydroxyl groups is 1. The van der Waals surface area contributed by atoms with Gasteiger partial charge in [-0.2, -0.15) is 5.26 Å². The quantitative estimate of drug-likeness (QED) is 0.767. The van der Waals surface area contributed by atoms with Gasteiger partial charge < -0.3 is 14.7 Å². The van der Waals surface area contributed by atoms with Crippen molar-refractivity contribution in [2.24, 2.45) is 0 Å². The van der Waals surface area contributed by atoms with Crippen molar-refractivity contribution in [3.63, 3.8) is 0 Å². The number of nitriles is 1. The van der Waals surface area contributed by atoms with E-state index < -0.39 is 0 Å². The average Bonchev–Trinajstić information content (AvgIpc) is 2.52. The first-order valence-corrected chi connectivity index (χ1v) is 6.43. The van der Waals surface area contributed by atoms with Gasteiger partial charge in [0.15, 0.2) is 0 Å². The first-order valence-electron chi connectivity index (χ1n) is 6.43. The number of pyridine rings is 1. The molecule has 110 valence electrons. The molecule has 1 heterocycles. The normalized spacial score (nSPS) is 9.38. The zero-order valence-corrected chi connectivity index (χ0v) is 11.9. The Bertz CT molecular complexity index is 570. The van der Waals surface area contributed by atoms with E-state index in [1.54, 1.807) is 18.1 Å². The van der Waals surface area contributed by atoms with E-state index in [9.17, 15) is 4.79 Å². The molecule has 0 atom stereocenters. The molecule has 6 nitrogen and oxygen atoms in total. The summed E-state index contributed by atoms with van der Waals surface area (Å²) in [5, 5.41) is 17.4. The third kappa shape index (κ3) is 5.23. The highest BCUT2D eigenvalue weighted by Gasteiger charge is 2.17. The van der Waals surface area contributed by atoms with Crippen LogP contribution in [0.1, 0.15) is 22.3 Å². The number of carbonyl (C=O) groups is 1. The Labute approximate surface area is 124 Å². The molecular formula is C15H17N3O3. The number of aromatic nitrogens is 1. The summed E-state index contributed by atoms with van der Waals surface area (Å²) in [5.41, 5.74) is 0.857.